The van der Waals surface area contributed by atoms with Crippen molar-refractivity contribution in [1.82, 2.24) is 4.90 Å². The zero-order chi connectivity index (χ0) is 8.97. The molecule has 1 aliphatic heterocycles. The van der Waals surface area contributed by atoms with Crippen LogP contribution in [0.3, 0.4) is 0 Å². The van der Waals surface area contributed by atoms with Gasteiger partial charge in [0.05, 0.1) is 6.61 Å². The van der Waals surface area contributed by atoms with Crippen molar-refractivity contribution in [3.8, 4) is 0 Å². The van der Waals surface area contributed by atoms with Crippen molar-refractivity contribution in [3.63, 3.8) is 0 Å². The van der Waals surface area contributed by atoms with Crippen molar-refractivity contribution in [2.24, 2.45) is 0 Å². The van der Waals surface area contributed by atoms with E-state index >= 15 is 0 Å². The lowest BCUT2D eigenvalue weighted by Gasteiger charge is -2.31. The second-order valence-corrected chi connectivity index (χ2v) is 3.02. The normalized spacial score (nSPS) is 20.5. The van der Waals surface area contributed by atoms with Crippen molar-refractivity contribution in [2.45, 2.75) is 25.8 Å². The summed E-state index contributed by atoms with van der Waals surface area (Å²) in [6.07, 6.45) is 1.26. The third-order valence-corrected chi connectivity index (χ3v) is 2.08. The molecule has 1 aliphatic rings. The largest absolute Gasteiger partial charge is 0.449 e. The van der Waals surface area contributed by atoms with Crippen LogP contribution >= 0.6 is 0 Å². The molecule has 1 saturated heterocycles. The van der Waals surface area contributed by atoms with E-state index in [0.29, 0.717) is 13.0 Å². The summed E-state index contributed by atoms with van der Waals surface area (Å²) in [6.45, 7) is 3.31. The van der Waals surface area contributed by atoms with Crippen LogP contribution in [0, 0.1) is 0 Å². The molecule has 1 atom stereocenters. The van der Waals surface area contributed by atoms with Crippen LogP contribution in [0.1, 0.15) is 19.8 Å². The average molecular weight is 173 g/mol. The molecule has 0 aromatic carbocycles. The molecule has 4 nitrogen and oxygen atoms in total. The fraction of sp³-hybridized carbons (Fsp3) is 0.875. The predicted molar refractivity (Wildman–Crippen MR) is 43.8 cm³/mol. The minimum atomic E-state index is -0.248. The number of hydrogen-bond acceptors (Lipinski definition) is 3. The van der Waals surface area contributed by atoms with Crippen molar-refractivity contribution >= 4 is 6.09 Å². The highest BCUT2D eigenvalue weighted by atomic mass is 16.6. The number of aliphatic hydroxyl groups is 1. The first kappa shape index (κ1) is 9.32. The Morgan fingerprint density at radius 3 is 3.08 bits per heavy atom. The Hall–Kier alpha value is -0.770. The van der Waals surface area contributed by atoms with Gasteiger partial charge in [0.25, 0.3) is 0 Å². The van der Waals surface area contributed by atoms with Crippen LogP contribution in [-0.2, 0) is 4.74 Å². The molecule has 1 amide bonds. The zero-order valence-electron chi connectivity index (χ0n) is 7.32. The van der Waals surface area contributed by atoms with Crippen LogP contribution in [0.5, 0.6) is 0 Å². The molecule has 0 aliphatic carbocycles. The molecule has 1 N–H and O–H groups in total. The molecule has 0 saturated carbocycles. The third kappa shape index (κ3) is 2.11. The minimum Gasteiger partial charge on any atom is -0.449 e. The van der Waals surface area contributed by atoms with Gasteiger partial charge in [0.15, 0.2) is 0 Å². The second-order valence-electron chi connectivity index (χ2n) is 3.02. The van der Waals surface area contributed by atoms with Gasteiger partial charge in [0, 0.05) is 19.2 Å². The zero-order valence-corrected chi connectivity index (χ0v) is 7.32. The van der Waals surface area contributed by atoms with Crippen LogP contribution in [-0.4, -0.2) is 41.9 Å². The first-order valence-electron chi connectivity index (χ1n) is 4.30. The molecule has 1 fully saturated rings. The standard InChI is InChI=1S/C8H15NO3/c1-7(3-5-10)9-4-2-6-12-8(9)11/h7,10H,2-6H2,1H3. The molecule has 0 bridgehead atoms. The van der Waals surface area contributed by atoms with Gasteiger partial charge in [0.1, 0.15) is 0 Å². The highest BCUT2D eigenvalue weighted by Crippen LogP contribution is 2.10. The molecule has 4 heteroatoms. The summed E-state index contributed by atoms with van der Waals surface area (Å²) in [6, 6.07) is 0.0859. The van der Waals surface area contributed by atoms with E-state index in [-0.39, 0.29) is 18.7 Å². The van der Waals surface area contributed by atoms with Crippen LogP contribution in [0.25, 0.3) is 0 Å². The van der Waals surface area contributed by atoms with Gasteiger partial charge in [-0.1, -0.05) is 0 Å². The quantitative estimate of drug-likeness (QED) is 0.680. The van der Waals surface area contributed by atoms with E-state index < -0.39 is 0 Å². The fourth-order valence-electron chi connectivity index (χ4n) is 1.31. The molecular weight excluding hydrogens is 158 g/mol. The van der Waals surface area contributed by atoms with Crippen molar-refractivity contribution in [1.29, 1.82) is 0 Å². The van der Waals surface area contributed by atoms with Crippen molar-refractivity contribution < 1.29 is 14.6 Å². The molecule has 12 heavy (non-hydrogen) atoms. The third-order valence-electron chi connectivity index (χ3n) is 2.08. The van der Waals surface area contributed by atoms with Crippen LogP contribution in [0.4, 0.5) is 4.79 Å². The number of ether oxygens (including phenoxy) is 1. The first-order valence-corrected chi connectivity index (χ1v) is 4.30. The topological polar surface area (TPSA) is 49.8 Å². The Balaban J connectivity index is 2.42. The van der Waals surface area contributed by atoms with Crippen LogP contribution in [0.15, 0.2) is 0 Å². The smallest absolute Gasteiger partial charge is 0.409 e. The number of hydrogen-bond donors (Lipinski definition) is 1. The number of cyclic esters (lactones) is 1. The van der Waals surface area contributed by atoms with Crippen LogP contribution < -0.4 is 0 Å². The molecule has 0 aromatic heterocycles. The van der Waals surface area contributed by atoms with E-state index in [1.54, 1.807) is 4.90 Å². The SMILES string of the molecule is CC(CCO)N1CCCOC1=O. The maximum absolute atomic E-state index is 11.1. The number of aliphatic hydroxyl groups excluding tert-OH is 1. The number of nitrogens with zero attached hydrogens (tertiary/aromatic N) is 1. The summed E-state index contributed by atoms with van der Waals surface area (Å²) in [5.41, 5.74) is 0. The fourth-order valence-corrected chi connectivity index (χ4v) is 1.31. The summed E-state index contributed by atoms with van der Waals surface area (Å²) < 4.78 is 4.86. The minimum absolute atomic E-state index is 0.0859. The summed E-state index contributed by atoms with van der Waals surface area (Å²) in [5, 5.41) is 8.67. The average Bonchev–Trinajstić information content (AvgIpc) is 2.05. The second kappa shape index (κ2) is 4.30. The van der Waals surface area contributed by atoms with Gasteiger partial charge in [-0.05, 0) is 19.8 Å². The molecule has 1 unspecified atom stereocenters. The molecule has 70 valence electrons. The van der Waals surface area contributed by atoms with Gasteiger partial charge in [-0.2, -0.15) is 0 Å². The number of carbonyl (C=O) groups is 1. The number of carbonyl (C=O) groups excluding carboxylic acids is 1. The lowest BCUT2D eigenvalue weighted by molar-refractivity contribution is 0.0533. The summed E-state index contributed by atoms with van der Waals surface area (Å²) in [5.74, 6) is 0. The summed E-state index contributed by atoms with van der Waals surface area (Å²) >= 11 is 0. The Labute approximate surface area is 72.1 Å². The van der Waals surface area contributed by atoms with E-state index in [1.165, 1.54) is 0 Å². The van der Waals surface area contributed by atoms with E-state index in [0.717, 1.165) is 13.0 Å². The molecular formula is C8H15NO3. The Morgan fingerprint density at radius 1 is 1.75 bits per heavy atom. The number of amides is 1. The molecule has 0 aromatic rings. The molecule has 0 spiro atoms. The van der Waals surface area contributed by atoms with Gasteiger partial charge in [0.2, 0.25) is 0 Å². The molecule has 0 radical (unpaired) electrons. The predicted octanol–water partition coefficient (Wildman–Crippen LogP) is 0.600. The van der Waals surface area contributed by atoms with Gasteiger partial charge in [-0.3, -0.25) is 0 Å². The van der Waals surface area contributed by atoms with Gasteiger partial charge < -0.3 is 14.7 Å². The van der Waals surface area contributed by atoms with Gasteiger partial charge in [-0.15, -0.1) is 0 Å². The highest BCUT2D eigenvalue weighted by Gasteiger charge is 2.23. The number of rotatable bonds is 3. The monoisotopic (exact) mass is 173 g/mol. The van der Waals surface area contributed by atoms with Gasteiger partial charge in [-0.25, -0.2) is 4.79 Å². The van der Waals surface area contributed by atoms with Gasteiger partial charge >= 0.3 is 6.09 Å². The highest BCUT2D eigenvalue weighted by molar-refractivity contribution is 5.68. The van der Waals surface area contributed by atoms with E-state index in [1.807, 2.05) is 6.92 Å². The summed E-state index contributed by atoms with van der Waals surface area (Å²) in [7, 11) is 0. The first-order chi connectivity index (χ1) is 5.75. The van der Waals surface area contributed by atoms with Crippen LogP contribution in [0.2, 0.25) is 0 Å². The van der Waals surface area contributed by atoms with E-state index in [9.17, 15) is 4.79 Å². The maximum Gasteiger partial charge on any atom is 0.409 e. The summed E-state index contributed by atoms with van der Waals surface area (Å²) in [4.78, 5) is 12.8. The maximum atomic E-state index is 11.1. The van der Waals surface area contributed by atoms with E-state index in [2.05, 4.69) is 0 Å². The molecule has 1 rings (SSSR count). The Kier molecular flexibility index (Phi) is 3.34. The van der Waals surface area contributed by atoms with Crippen molar-refractivity contribution in [2.75, 3.05) is 19.8 Å². The Bertz CT molecular complexity index is 160. The van der Waals surface area contributed by atoms with Crippen molar-refractivity contribution in [3.05, 3.63) is 0 Å². The Morgan fingerprint density at radius 2 is 2.50 bits per heavy atom. The molecule has 1 heterocycles. The van der Waals surface area contributed by atoms with E-state index in [4.69, 9.17) is 9.84 Å². The lowest BCUT2D eigenvalue weighted by atomic mass is 10.2. The lowest BCUT2D eigenvalue weighted by Crippen LogP contribution is -2.43.